The largest absolute Gasteiger partial charge is 0.476 e. The summed E-state index contributed by atoms with van der Waals surface area (Å²) in [5.74, 6) is -1.03. The second-order valence-corrected chi connectivity index (χ2v) is 2.83. The fraction of sp³-hybridized carbons (Fsp3) is 0.400. The molecule has 1 aromatic heterocycles. The van der Waals surface area contributed by atoms with E-state index in [0.29, 0.717) is 25.4 Å². The summed E-state index contributed by atoms with van der Waals surface area (Å²) in [5, 5.41) is 11.8. The number of pyridine rings is 1. The number of ether oxygens (including phenoxy) is 1. The van der Waals surface area contributed by atoms with Crippen LogP contribution < -0.4 is 5.32 Å². The first-order chi connectivity index (χ1) is 7.25. The molecule has 0 aliphatic rings. The Kier molecular flexibility index (Phi) is 4.56. The zero-order valence-corrected chi connectivity index (χ0v) is 8.56. The van der Waals surface area contributed by atoms with E-state index in [2.05, 4.69) is 10.3 Å². The lowest BCUT2D eigenvalue weighted by molar-refractivity contribution is 0.0691. The molecule has 82 valence electrons. The molecule has 15 heavy (non-hydrogen) atoms. The van der Waals surface area contributed by atoms with Crippen LogP contribution in [0.4, 0.5) is 5.69 Å². The molecule has 5 heteroatoms. The summed E-state index contributed by atoms with van der Waals surface area (Å²) in [6.45, 7) is 3.68. The van der Waals surface area contributed by atoms with Crippen LogP contribution in [0.15, 0.2) is 18.3 Å². The van der Waals surface area contributed by atoms with Crippen LogP contribution in [0, 0.1) is 0 Å². The van der Waals surface area contributed by atoms with Crippen LogP contribution in [0.3, 0.4) is 0 Å². The maximum absolute atomic E-state index is 10.8. The Bertz CT molecular complexity index is 328. The average Bonchev–Trinajstić information content (AvgIpc) is 2.25. The molecule has 1 aromatic rings. The van der Waals surface area contributed by atoms with E-state index in [9.17, 15) is 4.79 Å². The number of hydrogen-bond acceptors (Lipinski definition) is 4. The summed E-state index contributed by atoms with van der Waals surface area (Å²) in [7, 11) is 0. The van der Waals surface area contributed by atoms with Crippen molar-refractivity contribution >= 4 is 11.7 Å². The minimum Gasteiger partial charge on any atom is -0.476 e. The molecule has 0 spiro atoms. The van der Waals surface area contributed by atoms with Crippen LogP contribution in [0.25, 0.3) is 0 Å². The van der Waals surface area contributed by atoms with E-state index < -0.39 is 5.97 Å². The number of nitrogens with one attached hydrogen (secondary N) is 1. The predicted molar refractivity (Wildman–Crippen MR) is 56.2 cm³/mol. The number of carboxylic acid groups (broad SMARTS) is 1. The standard InChI is InChI=1S/C10H14N2O3/c1-2-15-7-6-11-8-4-3-5-12-9(8)10(13)14/h3-5,11H,2,6-7H2,1H3,(H,13,14). The minimum absolute atomic E-state index is 0.0361. The normalized spacial score (nSPS) is 9.93. The first-order valence-corrected chi connectivity index (χ1v) is 4.75. The van der Waals surface area contributed by atoms with E-state index >= 15 is 0 Å². The van der Waals surface area contributed by atoms with Crippen molar-refractivity contribution in [3.8, 4) is 0 Å². The second-order valence-electron chi connectivity index (χ2n) is 2.83. The van der Waals surface area contributed by atoms with Gasteiger partial charge in [-0.3, -0.25) is 0 Å². The van der Waals surface area contributed by atoms with Gasteiger partial charge in [0, 0.05) is 19.3 Å². The van der Waals surface area contributed by atoms with Gasteiger partial charge < -0.3 is 15.2 Å². The number of carbonyl (C=O) groups is 1. The van der Waals surface area contributed by atoms with E-state index in [0.717, 1.165) is 0 Å². The maximum atomic E-state index is 10.8. The molecule has 0 unspecified atom stereocenters. The fourth-order valence-corrected chi connectivity index (χ4v) is 1.12. The smallest absolute Gasteiger partial charge is 0.356 e. The van der Waals surface area contributed by atoms with Crippen LogP contribution in [0.1, 0.15) is 17.4 Å². The van der Waals surface area contributed by atoms with Gasteiger partial charge in [0.05, 0.1) is 12.3 Å². The van der Waals surface area contributed by atoms with Gasteiger partial charge in [-0.2, -0.15) is 0 Å². The first kappa shape index (κ1) is 11.5. The molecule has 0 amide bonds. The van der Waals surface area contributed by atoms with Gasteiger partial charge in [0.1, 0.15) is 0 Å². The summed E-state index contributed by atoms with van der Waals surface area (Å²) < 4.78 is 5.13. The molecule has 1 rings (SSSR count). The van der Waals surface area contributed by atoms with Crippen molar-refractivity contribution < 1.29 is 14.6 Å². The van der Waals surface area contributed by atoms with Crippen LogP contribution in [-0.2, 0) is 4.74 Å². The molecule has 5 nitrogen and oxygen atoms in total. The zero-order valence-electron chi connectivity index (χ0n) is 8.56. The molecule has 1 heterocycles. The third-order valence-corrected chi connectivity index (χ3v) is 1.78. The average molecular weight is 210 g/mol. The summed E-state index contributed by atoms with van der Waals surface area (Å²) in [5.41, 5.74) is 0.554. The van der Waals surface area contributed by atoms with Gasteiger partial charge in [0.2, 0.25) is 0 Å². The highest BCUT2D eigenvalue weighted by atomic mass is 16.5. The number of rotatable bonds is 6. The molecular formula is C10H14N2O3. The zero-order chi connectivity index (χ0) is 11.1. The SMILES string of the molecule is CCOCCNc1cccnc1C(=O)O. The van der Waals surface area contributed by atoms with Crippen molar-refractivity contribution in [3.63, 3.8) is 0 Å². The monoisotopic (exact) mass is 210 g/mol. The number of aromatic carboxylic acids is 1. The highest BCUT2D eigenvalue weighted by Gasteiger charge is 2.09. The molecule has 0 atom stereocenters. The highest BCUT2D eigenvalue weighted by molar-refractivity contribution is 5.91. The van der Waals surface area contributed by atoms with Gasteiger partial charge in [-0.1, -0.05) is 0 Å². The number of carboxylic acids is 1. The first-order valence-electron chi connectivity index (χ1n) is 4.75. The van der Waals surface area contributed by atoms with Crippen LogP contribution in [-0.4, -0.2) is 35.8 Å². The third kappa shape index (κ3) is 3.55. The van der Waals surface area contributed by atoms with Crippen LogP contribution >= 0.6 is 0 Å². The molecule has 0 bridgehead atoms. The molecule has 0 aromatic carbocycles. The Hall–Kier alpha value is -1.62. The molecule has 0 radical (unpaired) electrons. The Morgan fingerprint density at radius 3 is 3.13 bits per heavy atom. The van der Waals surface area contributed by atoms with Gasteiger partial charge in [0.25, 0.3) is 0 Å². The number of hydrogen-bond donors (Lipinski definition) is 2. The molecule has 0 aliphatic carbocycles. The topological polar surface area (TPSA) is 71.5 Å². The van der Waals surface area contributed by atoms with Gasteiger partial charge in [-0.05, 0) is 19.1 Å². The van der Waals surface area contributed by atoms with Crippen molar-refractivity contribution in [2.24, 2.45) is 0 Å². The van der Waals surface area contributed by atoms with Gasteiger partial charge >= 0.3 is 5.97 Å². The van der Waals surface area contributed by atoms with E-state index in [1.807, 2.05) is 6.92 Å². The van der Waals surface area contributed by atoms with Crippen molar-refractivity contribution in [2.75, 3.05) is 25.1 Å². The molecule has 2 N–H and O–H groups in total. The summed E-state index contributed by atoms with van der Waals surface area (Å²) in [6.07, 6.45) is 1.46. The Morgan fingerprint density at radius 2 is 2.47 bits per heavy atom. The van der Waals surface area contributed by atoms with Crippen molar-refractivity contribution in [1.29, 1.82) is 0 Å². The molecule has 0 aliphatic heterocycles. The number of anilines is 1. The minimum atomic E-state index is -1.03. The second kappa shape index (κ2) is 5.98. The fourth-order valence-electron chi connectivity index (χ4n) is 1.12. The van der Waals surface area contributed by atoms with Crippen molar-refractivity contribution in [2.45, 2.75) is 6.92 Å². The molecular weight excluding hydrogens is 196 g/mol. The lowest BCUT2D eigenvalue weighted by atomic mass is 10.3. The Labute approximate surface area is 88.1 Å². The van der Waals surface area contributed by atoms with E-state index in [1.54, 1.807) is 12.1 Å². The molecule has 0 saturated heterocycles. The third-order valence-electron chi connectivity index (χ3n) is 1.78. The Morgan fingerprint density at radius 1 is 1.67 bits per heavy atom. The predicted octanol–water partition coefficient (Wildman–Crippen LogP) is 1.23. The quantitative estimate of drug-likeness (QED) is 0.691. The van der Waals surface area contributed by atoms with Gasteiger partial charge in [-0.15, -0.1) is 0 Å². The number of nitrogens with zero attached hydrogens (tertiary/aromatic N) is 1. The Balaban J connectivity index is 2.56. The van der Waals surface area contributed by atoms with E-state index in [4.69, 9.17) is 9.84 Å². The van der Waals surface area contributed by atoms with Gasteiger partial charge in [0.15, 0.2) is 5.69 Å². The van der Waals surface area contributed by atoms with E-state index in [1.165, 1.54) is 6.20 Å². The van der Waals surface area contributed by atoms with E-state index in [-0.39, 0.29) is 5.69 Å². The molecule has 0 saturated carbocycles. The summed E-state index contributed by atoms with van der Waals surface area (Å²) in [4.78, 5) is 14.6. The van der Waals surface area contributed by atoms with Crippen molar-refractivity contribution in [3.05, 3.63) is 24.0 Å². The van der Waals surface area contributed by atoms with Gasteiger partial charge in [-0.25, -0.2) is 9.78 Å². The van der Waals surface area contributed by atoms with Crippen molar-refractivity contribution in [1.82, 2.24) is 4.98 Å². The van der Waals surface area contributed by atoms with Crippen LogP contribution in [0.5, 0.6) is 0 Å². The summed E-state index contributed by atoms with van der Waals surface area (Å²) >= 11 is 0. The number of aromatic nitrogens is 1. The highest BCUT2D eigenvalue weighted by Crippen LogP contribution is 2.11. The molecule has 0 fully saturated rings. The lowest BCUT2D eigenvalue weighted by Crippen LogP contribution is -2.13. The summed E-state index contributed by atoms with van der Waals surface area (Å²) in [6, 6.07) is 3.37. The maximum Gasteiger partial charge on any atom is 0.356 e. The van der Waals surface area contributed by atoms with Crippen LogP contribution in [0.2, 0.25) is 0 Å². The lowest BCUT2D eigenvalue weighted by Gasteiger charge is -2.07.